The second-order valence-electron chi connectivity index (χ2n) is 4.25. The molecule has 0 aliphatic rings. The number of rotatable bonds is 4. The first-order valence-corrected chi connectivity index (χ1v) is 8.45. The van der Waals surface area contributed by atoms with Crippen molar-refractivity contribution >= 4 is 66.7 Å². The van der Waals surface area contributed by atoms with Gasteiger partial charge in [-0.2, -0.15) is 0 Å². The lowest BCUT2D eigenvalue weighted by molar-refractivity contribution is -0.131. The average Bonchev–Trinajstić information content (AvgIpc) is 3.01. The van der Waals surface area contributed by atoms with Crippen LogP contribution in [0.4, 0.5) is 0 Å². The minimum atomic E-state index is -1.05. The zero-order valence-electron chi connectivity index (χ0n) is 10.8. The quantitative estimate of drug-likeness (QED) is 0.442. The van der Waals surface area contributed by atoms with E-state index in [1.807, 2.05) is 24.3 Å². The molecule has 0 fully saturated rings. The number of thioether (sulfide) groups is 1. The van der Waals surface area contributed by atoms with Gasteiger partial charge in [0.1, 0.15) is 10.7 Å². The first-order valence-electron chi connectivity index (χ1n) is 6.05. The highest BCUT2D eigenvalue weighted by molar-refractivity contribution is 9.13. The fourth-order valence-electron chi connectivity index (χ4n) is 1.78. The Bertz CT molecular complexity index is 833. The number of carboxylic acids is 1. The van der Waals surface area contributed by atoms with Crippen molar-refractivity contribution in [3.63, 3.8) is 0 Å². The lowest BCUT2D eigenvalue weighted by Crippen LogP contribution is -1.96. The van der Waals surface area contributed by atoms with Gasteiger partial charge in [-0.05, 0) is 61.8 Å². The van der Waals surface area contributed by atoms with Gasteiger partial charge in [-0.1, -0.05) is 12.1 Å². The van der Waals surface area contributed by atoms with Crippen molar-refractivity contribution in [3.05, 3.63) is 50.1 Å². The number of furan rings is 1. The van der Waals surface area contributed by atoms with Crippen molar-refractivity contribution in [2.75, 3.05) is 0 Å². The molecule has 0 spiro atoms. The van der Waals surface area contributed by atoms with Crippen LogP contribution in [0.15, 0.2) is 54.0 Å². The Balaban J connectivity index is 1.92. The SMILES string of the molecule is O=C(O)/C(=C/c1cc(Br)c(Br)o1)Sc1nc2ccccc2[nH]1. The topological polar surface area (TPSA) is 79.1 Å². The summed E-state index contributed by atoms with van der Waals surface area (Å²) in [6.45, 7) is 0. The van der Waals surface area contributed by atoms with E-state index in [9.17, 15) is 9.90 Å². The van der Waals surface area contributed by atoms with Crippen molar-refractivity contribution in [2.45, 2.75) is 5.16 Å². The highest BCUT2D eigenvalue weighted by atomic mass is 79.9. The minimum Gasteiger partial charge on any atom is -0.477 e. The van der Waals surface area contributed by atoms with Crippen LogP contribution < -0.4 is 0 Å². The third-order valence-corrected chi connectivity index (χ3v) is 5.33. The number of aromatic amines is 1. The molecule has 0 unspecified atom stereocenters. The molecule has 0 atom stereocenters. The van der Waals surface area contributed by atoms with Crippen LogP contribution in [0.2, 0.25) is 0 Å². The molecular weight excluding hydrogens is 436 g/mol. The van der Waals surface area contributed by atoms with Gasteiger partial charge in [0.15, 0.2) is 9.83 Å². The molecule has 112 valence electrons. The second kappa shape index (κ2) is 6.31. The highest BCUT2D eigenvalue weighted by Gasteiger charge is 2.15. The molecule has 0 amide bonds. The van der Waals surface area contributed by atoms with E-state index in [1.165, 1.54) is 6.08 Å². The fraction of sp³-hybridized carbons (Fsp3) is 0. The molecule has 0 aliphatic carbocycles. The van der Waals surface area contributed by atoms with E-state index in [4.69, 9.17) is 4.42 Å². The number of carboxylic acid groups (broad SMARTS) is 1. The molecule has 22 heavy (non-hydrogen) atoms. The van der Waals surface area contributed by atoms with E-state index in [0.717, 1.165) is 27.3 Å². The molecule has 0 bridgehead atoms. The van der Waals surface area contributed by atoms with Crippen LogP contribution in [0.1, 0.15) is 5.76 Å². The van der Waals surface area contributed by atoms with Gasteiger partial charge < -0.3 is 14.5 Å². The number of nitrogens with one attached hydrogen (secondary N) is 1. The third kappa shape index (κ3) is 3.29. The summed E-state index contributed by atoms with van der Waals surface area (Å²) in [5.41, 5.74) is 1.65. The smallest absolute Gasteiger partial charge is 0.342 e. The lowest BCUT2D eigenvalue weighted by Gasteiger charge is -1.98. The van der Waals surface area contributed by atoms with Gasteiger partial charge in [0.05, 0.1) is 15.5 Å². The number of H-pyrrole nitrogens is 1. The van der Waals surface area contributed by atoms with Crippen LogP contribution in [0, 0.1) is 0 Å². The van der Waals surface area contributed by atoms with E-state index in [1.54, 1.807) is 6.07 Å². The molecule has 3 aromatic rings. The molecule has 2 heterocycles. The molecule has 3 rings (SSSR count). The van der Waals surface area contributed by atoms with E-state index in [-0.39, 0.29) is 4.91 Å². The maximum absolute atomic E-state index is 11.4. The van der Waals surface area contributed by atoms with Gasteiger partial charge in [0.25, 0.3) is 0 Å². The summed E-state index contributed by atoms with van der Waals surface area (Å²) >= 11 is 7.54. The molecule has 0 aliphatic heterocycles. The first-order chi connectivity index (χ1) is 10.5. The maximum atomic E-state index is 11.4. The summed E-state index contributed by atoms with van der Waals surface area (Å²) in [5, 5.41) is 9.86. The van der Waals surface area contributed by atoms with Crippen LogP contribution in [-0.2, 0) is 4.79 Å². The van der Waals surface area contributed by atoms with Gasteiger partial charge in [-0.25, -0.2) is 9.78 Å². The van der Waals surface area contributed by atoms with E-state index in [0.29, 0.717) is 15.6 Å². The Hall–Kier alpha value is -1.51. The normalized spacial score (nSPS) is 12.0. The number of nitrogens with zero attached hydrogens (tertiary/aromatic N) is 1. The highest BCUT2D eigenvalue weighted by Crippen LogP contribution is 2.32. The Morgan fingerprint density at radius 1 is 1.36 bits per heavy atom. The van der Waals surface area contributed by atoms with Crippen LogP contribution >= 0.6 is 43.6 Å². The van der Waals surface area contributed by atoms with Crippen LogP contribution in [0.25, 0.3) is 17.1 Å². The second-order valence-corrected chi connectivity index (χ2v) is 6.85. The fourth-order valence-corrected chi connectivity index (χ4v) is 3.16. The summed E-state index contributed by atoms with van der Waals surface area (Å²) in [4.78, 5) is 19.0. The lowest BCUT2D eigenvalue weighted by atomic mass is 10.3. The number of hydrogen-bond donors (Lipinski definition) is 2. The Kier molecular flexibility index (Phi) is 4.42. The summed E-state index contributed by atoms with van der Waals surface area (Å²) in [6, 6.07) is 9.20. The van der Waals surface area contributed by atoms with Crippen LogP contribution in [0.3, 0.4) is 0 Å². The minimum absolute atomic E-state index is 0.104. The number of hydrogen-bond acceptors (Lipinski definition) is 4. The molecule has 0 radical (unpaired) electrons. The monoisotopic (exact) mass is 442 g/mol. The number of halogens is 2. The Morgan fingerprint density at radius 2 is 2.14 bits per heavy atom. The van der Waals surface area contributed by atoms with Gasteiger partial charge in [-0.15, -0.1) is 0 Å². The number of aromatic nitrogens is 2. The molecular formula is C14H8Br2N2O3S. The first kappa shape index (κ1) is 15.4. The van der Waals surface area contributed by atoms with Crippen molar-refractivity contribution in [1.29, 1.82) is 0 Å². The van der Waals surface area contributed by atoms with Gasteiger partial charge in [0.2, 0.25) is 0 Å². The molecule has 2 N–H and O–H groups in total. The number of fused-ring (bicyclic) bond motifs is 1. The number of carbonyl (C=O) groups is 1. The number of aliphatic carboxylic acids is 1. The summed E-state index contributed by atoms with van der Waals surface area (Å²) in [6.07, 6.45) is 1.45. The predicted octanol–water partition coefficient (Wildman–Crippen LogP) is 4.90. The predicted molar refractivity (Wildman–Crippen MR) is 91.7 cm³/mol. The van der Waals surface area contributed by atoms with Gasteiger partial charge in [0, 0.05) is 6.08 Å². The van der Waals surface area contributed by atoms with Crippen LogP contribution in [-0.4, -0.2) is 21.0 Å². The summed E-state index contributed by atoms with van der Waals surface area (Å²) in [5.74, 6) is -0.617. The standard InChI is InChI=1S/C14H8Br2N2O3S/c15-8-5-7(21-12(8)16)6-11(13(19)20)22-14-17-9-3-1-2-4-10(9)18-14/h1-6H,(H,17,18)(H,19,20)/b11-6-. The Labute approximate surface area is 146 Å². The molecule has 0 saturated carbocycles. The van der Waals surface area contributed by atoms with E-state index in [2.05, 4.69) is 41.8 Å². The number of benzene rings is 1. The average molecular weight is 444 g/mol. The number of para-hydroxylation sites is 2. The third-order valence-electron chi connectivity index (χ3n) is 2.72. The van der Waals surface area contributed by atoms with Gasteiger partial charge >= 0.3 is 5.97 Å². The largest absolute Gasteiger partial charge is 0.477 e. The Morgan fingerprint density at radius 3 is 2.77 bits per heavy atom. The van der Waals surface area contributed by atoms with E-state index >= 15 is 0 Å². The molecule has 0 saturated heterocycles. The van der Waals surface area contributed by atoms with Crippen molar-refractivity contribution in [2.24, 2.45) is 0 Å². The van der Waals surface area contributed by atoms with E-state index < -0.39 is 5.97 Å². The van der Waals surface area contributed by atoms with Crippen LogP contribution in [0.5, 0.6) is 0 Å². The molecule has 1 aromatic carbocycles. The van der Waals surface area contributed by atoms with Crippen molar-refractivity contribution < 1.29 is 14.3 Å². The van der Waals surface area contributed by atoms with Crippen molar-refractivity contribution in [1.82, 2.24) is 9.97 Å². The van der Waals surface area contributed by atoms with Crippen molar-refractivity contribution in [3.8, 4) is 0 Å². The maximum Gasteiger partial charge on any atom is 0.342 e. The summed E-state index contributed by atoms with van der Waals surface area (Å²) < 4.78 is 6.61. The summed E-state index contributed by atoms with van der Waals surface area (Å²) in [7, 11) is 0. The zero-order valence-corrected chi connectivity index (χ0v) is 14.8. The zero-order chi connectivity index (χ0) is 15.7. The molecule has 5 nitrogen and oxygen atoms in total. The molecule has 8 heteroatoms. The molecule has 2 aromatic heterocycles. The number of imidazole rings is 1. The van der Waals surface area contributed by atoms with Gasteiger partial charge in [-0.3, -0.25) is 0 Å².